The number of aromatic nitrogens is 3. The lowest BCUT2D eigenvalue weighted by Crippen LogP contribution is -1.76. The fraction of sp³-hybridized carbons (Fsp3) is 0. The van der Waals surface area contributed by atoms with Crippen molar-refractivity contribution in [3.05, 3.63) is 42.5 Å². The zero-order chi connectivity index (χ0) is 10.3. The minimum absolute atomic E-state index is 0.230. The first-order valence-electron chi connectivity index (χ1n) is 4.61. The molecule has 3 rings (SSSR count). The van der Waals surface area contributed by atoms with Crippen molar-refractivity contribution in [2.75, 3.05) is 0 Å². The summed E-state index contributed by atoms with van der Waals surface area (Å²) in [6.45, 7) is 0. The average Bonchev–Trinajstić information content (AvgIpc) is 2.87. The van der Waals surface area contributed by atoms with Crippen LogP contribution in [0.4, 0.5) is 4.39 Å². The largest absolute Gasteiger partial charge is 0.352 e. The molecule has 0 aliphatic carbocycles. The summed E-state index contributed by atoms with van der Waals surface area (Å²) in [5, 5.41) is 7.07. The number of benzene rings is 1. The number of nitrogens with zero attached hydrogens (tertiary/aromatic N) is 1. The number of nitrogens with one attached hydrogen (secondary N) is 2. The molecule has 74 valence electrons. The van der Waals surface area contributed by atoms with Crippen LogP contribution in [0, 0.1) is 5.82 Å². The van der Waals surface area contributed by atoms with Gasteiger partial charge >= 0.3 is 0 Å². The molecule has 0 aliphatic heterocycles. The van der Waals surface area contributed by atoms with Crippen molar-refractivity contribution >= 4 is 10.9 Å². The number of rotatable bonds is 1. The summed E-state index contributed by atoms with van der Waals surface area (Å²) in [4.78, 5) is 3.03. The predicted molar refractivity (Wildman–Crippen MR) is 55.8 cm³/mol. The van der Waals surface area contributed by atoms with E-state index in [1.807, 2.05) is 18.2 Å². The Hall–Kier alpha value is -2.10. The van der Waals surface area contributed by atoms with Gasteiger partial charge in [-0.15, -0.1) is 0 Å². The molecule has 0 fully saturated rings. The maximum atomic E-state index is 13.9. The number of aromatic amines is 2. The Labute approximate surface area is 84.9 Å². The maximum absolute atomic E-state index is 13.9. The predicted octanol–water partition coefficient (Wildman–Crippen LogP) is 2.70. The number of hydrogen-bond acceptors (Lipinski definition) is 1. The number of hydrogen-bond donors (Lipinski definition) is 2. The molecule has 2 heterocycles. The zero-order valence-electron chi connectivity index (χ0n) is 7.79. The lowest BCUT2D eigenvalue weighted by molar-refractivity contribution is 0.643. The standard InChI is InChI=1S/C11H8FN3/c12-10-8-3-1-2-4-9(8)15-11(10)7-5-13-14-6-7/h1-6,15H,(H,13,14). The molecule has 0 radical (unpaired) electrons. The Bertz CT molecular complexity index is 595. The van der Waals surface area contributed by atoms with Gasteiger partial charge in [-0.05, 0) is 12.1 Å². The number of fused-ring (bicyclic) bond motifs is 1. The fourth-order valence-electron chi connectivity index (χ4n) is 1.69. The molecular formula is C11H8FN3. The molecule has 0 atom stereocenters. The minimum Gasteiger partial charge on any atom is -0.352 e. The highest BCUT2D eigenvalue weighted by Crippen LogP contribution is 2.27. The van der Waals surface area contributed by atoms with Crippen molar-refractivity contribution in [3.8, 4) is 11.3 Å². The second-order valence-electron chi connectivity index (χ2n) is 3.35. The summed E-state index contributed by atoms with van der Waals surface area (Å²) in [7, 11) is 0. The summed E-state index contributed by atoms with van der Waals surface area (Å²) >= 11 is 0. The molecule has 0 unspecified atom stereocenters. The summed E-state index contributed by atoms with van der Waals surface area (Å²) in [6.07, 6.45) is 3.25. The second kappa shape index (κ2) is 2.95. The van der Waals surface area contributed by atoms with Gasteiger partial charge in [-0.25, -0.2) is 4.39 Å². The lowest BCUT2D eigenvalue weighted by atomic mass is 10.2. The van der Waals surface area contributed by atoms with Gasteiger partial charge in [0.1, 0.15) is 0 Å². The highest BCUT2D eigenvalue weighted by molar-refractivity contribution is 5.86. The first kappa shape index (κ1) is 8.23. The molecule has 0 spiro atoms. The zero-order valence-corrected chi connectivity index (χ0v) is 7.79. The Kier molecular flexibility index (Phi) is 1.62. The van der Waals surface area contributed by atoms with E-state index in [1.165, 1.54) is 0 Å². The van der Waals surface area contributed by atoms with Crippen LogP contribution in [-0.4, -0.2) is 15.2 Å². The van der Waals surface area contributed by atoms with Crippen LogP contribution in [0.25, 0.3) is 22.2 Å². The summed E-state index contributed by atoms with van der Waals surface area (Å²) in [6, 6.07) is 7.29. The van der Waals surface area contributed by atoms with E-state index in [0.717, 1.165) is 11.1 Å². The molecule has 15 heavy (non-hydrogen) atoms. The average molecular weight is 201 g/mol. The second-order valence-corrected chi connectivity index (χ2v) is 3.35. The van der Waals surface area contributed by atoms with E-state index in [1.54, 1.807) is 18.5 Å². The van der Waals surface area contributed by atoms with Crippen LogP contribution in [-0.2, 0) is 0 Å². The van der Waals surface area contributed by atoms with Crippen molar-refractivity contribution in [3.63, 3.8) is 0 Å². The fourth-order valence-corrected chi connectivity index (χ4v) is 1.69. The number of para-hydroxylation sites is 1. The van der Waals surface area contributed by atoms with Crippen LogP contribution in [0.2, 0.25) is 0 Å². The lowest BCUT2D eigenvalue weighted by Gasteiger charge is -1.89. The van der Waals surface area contributed by atoms with E-state index in [9.17, 15) is 4.39 Å². The van der Waals surface area contributed by atoms with Crippen LogP contribution in [0.1, 0.15) is 0 Å². The molecular weight excluding hydrogens is 193 g/mol. The third kappa shape index (κ3) is 1.15. The van der Waals surface area contributed by atoms with E-state index in [4.69, 9.17) is 0 Å². The van der Waals surface area contributed by atoms with Crippen molar-refractivity contribution in [2.24, 2.45) is 0 Å². The molecule has 4 heteroatoms. The van der Waals surface area contributed by atoms with Crippen LogP contribution in [0.3, 0.4) is 0 Å². The van der Waals surface area contributed by atoms with Gasteiger partial charge in [0.2, 0.25) is 0 Å². The van der Waals surface area contributed by atoms with E-state index >= 15 is 0 Å². The van der Waals surface area contributed by atoms with E-state index < -0.39 is 0 Å². The van der Waals surface area contributed by atoms with Crippen molar-refractivity contribution < 1.29 is 4.39 Å². The van der Waals surface area contributed by atoms with Gasteiger partial charge in [0.05, 0.1) is 11.9 Å². The minimum atomic E-state index is -0.230. The Morgan fingerprint density at radius 3 is 2.80 bits per heavy atom. The smallest absolute Gasteiger partial charge is 0.156 e. The summed E-state index contributed by atoms with van der Waals surface area (Å²) < 4.78 is 13.9. The van der Waals surface area contributed by atoms with Gasteiger partial charge < -0.3 is 4.98 Å². The molecule has 0 amide bonds. The molecule has 1 aromatic carbocycles. The SMILES string of the molecule is Fc1c(-c2cn[nH]c2)[nH]c2ccccc12. The molecule has 2 aromatic heterocycles. The first-order chi connectivity index (χ1) is 7.36. The van der Waals surface area contributed by atoms with Gasteiger partial charge in [-0.2, -0.15) is 5.10 Å². The van der Waals surface area contributed by atoms with Gasteiger partial charge in [0.25, 0.3) is 0 Å². The summed E-state index contributed by atoms with van der Waals surface area (Å²) in [5.41, 5.74) is 2.00. The Morgan fingerprint density at radius 1 is 1.20 bits per heavy atom. The van der Waals surface area contributed by atoms with Crippen LogP contribution < -0.4 is 0 Å². The Balaban J connectivity index is 2.33. The third-order valence-corrected chi connectivity index (χ3v) is 2.43. The van der Waals surface area contributed by atoms with Crippen LogP contribution in [0.5, 0.6) is 0 Å². The number of H-pyrrole nitrogens is 2. The van der Waals surface area contributed by atoms with E-state index in [0.29, 0.717) is 11.1 Å². The maximum Gasteiger partial charge on any atom is 0.156 e. The van der Waals surface area contributed by atoms with Crippen molar-refractivity contribution in [1.82, 2.24) is 15.2 Å². The monoisotopic (exact) mass is 201 g/mol. The van der Waals surface area contributed by atoms with Gasteiger partial charge in [-0.1, -0.05) is 12.1 Å². The van der Waals surface area contributed by atoms with Crippen molar-refractivity contribution in [1.29, 1.82) is 0 Å². The van der Waals surface area contributed by atoms with E-state index in [-0.39, 0.29) is 5.82 Å². The Morgan fingerprint density at radius 2 is 2.07 bits per heavy atom. The normalized spacial score (nSPS) is 11.0. The molecule has 0 aliphatic rings. The van der Waals surface area contributed by atoms with Crippen LogP contribution in [0.15, 0.2) is 36.7 Å². The van der Waals surface area contributed by atoms with Gasteiger partial charge in [0.15, 0.2) is 5.82 Å². The van der Waals surface area contributed by atoms with Crippen molar-refractivity contribution in [2.45, 2.75) is 0 Å². The van der Waals surface area contributed by atoms with Crippen LogP contribution >= 0.6 is 0 Å². The first-order valence-corrected chi connectivity index (χ1v) is 4.61. The highest BCUT2D eigenvalue weighted by atomic mass is 19.1. The molecule has 3 nitrogen and oxygen atoms in total. The quantitative estimate of drug-likeness (QED) is 0.624. The molecule has 0 saturated heterocycles. The molecule has 0 saturated carbocycles. The summed E-state index contributed by atoms with van der Waals surface area (Å²) in [5.74, 6) is -0.230. The highest BCUT2D eigenvalue weighted by Gasteiger charge is 2.12. The number of halogens is 1. The molecule has 3 aromatic rings. The molecule has 0 bridgehead atoms. The molecule has 2 N–H and O–H groups in total. The van der Waals surface area contributed by atoms with Gasteiger partial charge in [-0.3, -0.25) is 5.10 Å². The van der Waals surface area contributed by atoms with E-state index in [2.05, 4.69) is 15.2 Å². The topological polar surface area (TPSA) is 44.5 Å². The third-order valence-electron chi connectivity index (χ3n) is 2.43. The van der Waals surface area contributed by atoms with Gasteiger partial charge in [0, 0.05) is 22.7 Å².